The SMILES string of the molecule is [B]C(O)(C1CCOCC1)N1C[C@H]2CCC[C@H]2C1. The van der Waals surface area contributed by atoms with E-state index in [-0.39, 0.29) is 5.92 Å². The molecule has 2 saturated heterocycles. The first kappa shape index (κ1) is 12.0. The third-order valence-electron chi connectivity index (χ3n) is 5.06. The minimum Gasteiger partial charge on any atom is -0.385 e. The van der Waals surface area contributed by atoms with Crippen LogP contribution < -0.4 is 0 Å². The number of likely N-dealkylation sites (tertiary alicyclic amines) is 1. The predicted molar refractivity (Wildman–Crippen MR) is 66.7 cm³/mol. The molecule has 1 unspecified atom stereocenters. The highest BCUT2D eigenvalue weighted by atomic mass is 16.5. The van der Waals surface area contributed by atoms with Crippen molar-refractivity contribution in [1.82, 2.24) is 4.90 Å². The van der Waals surface area contributed by atoms with E-state index in [9.17, 15) is 5.11 Å². The Morgan fingerprint density at radius 3 is 2.24 bits per heavy atom. The monoisotopic (exact) mass is 235 g/mol. The average Bonchev–Trinajstić information content (AvgIpc) is 2.90. The first-order valence-electron chi connectivity index (χ1n) is 7.02. The molecule has 0 aromatic rings. The molecule has 0 bridgehead atoms. The van der Waals surface area contributed by atoms with Gasteiger partial charge < -0.3 is 9.84 Å². The van der Waals surface area contributed by atoms with Crippen LogP contribution in [0.3, 0.4) is 0 Å². The van der Waals surface area contributed by atoms with Crippen molar-refractivity contribution in [2.24, 2.45) is 17.8 Å². The fourth-order valence-corrected chi connectivity index (χ4v) is 3.91. The van der Waals surface area contributed by atoms with E-state index in [2.05, 4.69) is 4.90 Å². The van der Waals surface area contributed by atoms with Crippen LogP contribution in [0.25, 0.3) is 0 Å². The molecule has 3 nitrogen and oxygen atoms in total. The van der Waals surface area contributed by atoms with Gasteiger partial charge in [-0.25, -0.2) is 0 Å². The Kier molecular flexibility index (Phi) is 3.22. The molecule has 3 rings (SSSR count). The van der Waals surface area contributed by atoms with Gasteiger partial charge in [0, 0.05) is 26.3 Å². The topological polar surface area (TPSA) is 32.7 Å². The van der Waals surface area contributed by atoms with Crippen LogP contribution in [0.4, 0.5) is 0 Å². The van der Waals surface area contributed by atoms with Crippen molar-refractivity contribution in [1.29, 1.82) is 0 Å². The minimum atomic E-state index is -1.10. The van der Waals surface area contributed by atoms with Gasteiger partial charge in [0.05, 0.1) is 5.62 Å². The lowest BCUT2D eigenvalue weighted by Crippen LogP contribution is -2.55. The number of hydrogen-bond donors (Lipinski definition) is 1. The van der Waals surface area contributed by atoms with Crippen molar-refractivity contribution in [2.75, 3.05) is 26.3 Å². The molecule has 1 aliphatic carbocycles. The summed E-state index contributed by atoms with van der Waals surface area (Å²) in [5.74, 6) is 1.74. The molecule has 17 heavy (non-hydrogen) atoms. The highest BCUT2D eigenvalue weighted by molar-refractivity contribution is 6.14. The van der Waals surface area contributed by atoms with Crippen LogP contribution >= 0.6 is 0 Å². The zero-order valence-corrected chi connectivity index (χ0v) is 10.5. The molecule has 3 fully saturated rings. The second-order valence-electron chi connectivity index (χ2n) is 6.03. The van der Waals surface area contributed by atoms with E-state index < -0.39 is 5.62 Å². The standard InChI is InChI=1S/C13H22BNO2/c14-13(16,12-4-6-17-7-5-12)15-8-10-2-1-3-11(10)9-15/h10-12,16H,1-9H2/t10-,11+,13?. The lowest BCUT2D eigenvalue weighted by molar-refractivity contribution is -0.102. The fourth-order valence-electron chi connectivity index (χ4n) is 3.91. The van der Waals surface area contributed by atoms with Gasteiger partial charge in [0.1, 0.15) is 7.85 Å². The lowest BCUT2D eigenvalue weighted by atomic mass is 9.74. The molecule has 0 spiro atoms. The van der Waals surface area contributed by atoms with E-state index in [4.69, 9.17) is 12.6 Å². The van der Waals surface area contributed by atoms with E-state index in [1.165, 1.54) is 19.3 Å². The molecule has 3 aliphatic rings. The van der Waals surface area contributed by atoms with Crippen molar-refractivity contribution in [3.63, 3.8) is 0 Å². The average molecular weight is 235 g/mol. The Bertz CT molecular complexity index is 267. The Morgan fingerprint density at radius 1 is 1.06 bits per heavy atom. The predicted octanol–water partition coefficient (Wildman–Crippen LogP) is 0.959. The summed E-state index contributed by atoms with van der Waals surface area (Å²) in [6.45, 7) is 3.47. The van der Waals surface area contributed by atoms with Gasteiger partial charge in [-0.3, -0.25) is 4.90 Å². The Balaban J connectivity index is 1.66. The molecule has 1 N–H and O–H groups in total. The summed E-state index contributed by atoms with van der Waals surface area (Å²) in [7, 11) is 6.23. The van der Waals surface area contributed by atoms with Crippen LogP contribution in [0, 0.1) is 17.8 Å². The van der Waals surface area contributed by atoms with Crippen LogP contribution in [-0.2, 0) is 4.74 Å². The Morgan fingerprint density at radius 2 is 1.65 bits per heavy atom. The van der Waals surface area contributed by atoms with E-state index in [0.717, 1.165) is 51.0 Å². The lowest BCUT2D eigenvalue weighted by Gasteiger charge is -2.43. The van der Waals surface area contributed by atoms with Gasteiger partial charge in [0.15, 0.2) is 0 Å². The molecule has 2 heterocycles. The van der Waals surface area contributed by atoms with Crippen molar-refractivity contribution in [3.05, 3.63) is 0 Å². The highest BCUT2D eigenvalue weighted by Gasteiger charge is 2.45. The number of rotatable bonds is 2. The van der Waals surface area contributed by atoms with Gasteiger partial charge in [-0.1, -0.05) is 6.42 Å². The summed E-state index contributed by atoms with van der Waals surface area (Å²) in [6, 6.07) is 0. The second-order valence-corrected chi connectivity index (χ2v) is 6.03. The molecule has 0 amide bonds. The zero-order chi connectivity index (χ0) is 11.9. The summed E-state index contributed by atoms with van der Waals surface area (Å²) in [6.07, 6.45) is 5.79. The molecule has 94 valence electrons. The molecular formula is C13H22BNO2. The third-order valence-corrected chi connectivity index (χ3v) is 5.06. The van der Waals surface area contributed by atoms with Crippen LogP contribution in [0.5, 0.6) is 0 Å². The molecule has 4 heteroatoms. The molecular weight excluding hydrogens is 213 g/mol. The van der Waals surface area contributed by atoms with Gasteiger partial charge in [-0.15, -0.1) is 0 Å². The third kappa shape index (κ3) is 2.15. The maximum absolute atomic E-state index is 10.6. The Hall–Kier alpha value is -0.0551. The number of aliphatic hydroxyl groups is 1. The normalized spacial score (nSPS) is 39.1. The van der Waals surface area contributed by atoms with Crippen molar-refractivity contribution in [3.8, 4) is 0 Å². The number of ether oxygens (including phenoxy) is 1. The molecule has 2 radical (unpaired) electrons. The number of hydrogen-bond acceptors (Lipinski definition) is 3. The summed E-state index contributed by atoms with van der Waals surface area (Å²) in [5, 5.41) is 10.6. The van der Waals surface area contributed by atoms with Crippen molar-refractivity contribution < 1.29 is 9.84 Å². The van der Waals surface area contributed by atoms with Gasteiger partial charge in [0.25, 0.3) is 0 Å². The van der Waals surface area contributed by atoms with Crippen molar-refractivity contribution >= 4 is 7.85 Å². The maximum Gasteiger partial charge on any atom is 0.136 e. The molecule has 0 aromatic carbocycles. The Labute approximate surface area is 105 Å². The summed E-state index contributed by atoms with van der Waals surface area (Å²) >= 11 is 0. The van der Waals surface area contributed by atoms with Gasteiger partial charge in [-0.05, 0) is 43.4 Å². The molecule has 2 aliphatic heterocycles. The summed E-state index contributed by atoms with van der Waals surface area (Å²) in [4.78, 5) is 2.14. The van der Waals surface area contributed by atoms with Crippen LogP contribution in [-0.4, -0.2) is 49.8 Å². The molecule has 0 aromatic heterocycles. The summed E-state index contributed by atoms with van der Waals surface area (Å²) < 4.78 is 5.35. The van der Waals surface area contributed by atoms with E-state index >= 15 is 0 Å². The molecule has 3 atom stereocenters. The minimum absolute atomic E-state index is 0.176. The van der Waals surface area contributed by atoms with E-state index in [1.54, 1.807) is 0 Å². The molecule has 1 saturated carbocycles. The quantitative estimate of drug-likeness (QED) is 0.723. The zero-order valence-electron chi connectivity index (χ0n) is 10.5. The smallest absolute Gasteiger partial charge is 0.136 e. The first-order chi connectivity index (χ1) is 8.18. The van der Waals surface area contributed by atoms with Crippen LogP contribution in [0.2, 0.25) is 0 Å². The van der Waals surface area contributed by atoms with E-state index in [0.29, 0.717) is 0 Å². The van der Waals surface area contributed by atoms with Crippen LogP contribution in [0.15, 0.2) is 0 Å². The maximum atomic E-state index is 10.6. The van der Waals surface area contributed by atoms with Crippen molar-refractivity contribution in [2.45, 2.75) is 37.7 Å². The van der Waals surface area contributed by atoms with Gasteiger partial charge in [0.2, 0.25) is 0 Å². The number of fused-ring (bicyclic) bond motifs is 1. The fraction of sp³-hybridized carbons (Fsp3) is 1.00. The number of nitrogens with zero attached hydrogens (tertiary/aromatic N) is 1. The van der Waals surface area contributed by atoms with Crippen LogP contribution in [0.1, 0.15) is 32.1 Å². The van der Waals surface area contributed by atoms with E-state index in [1.807, 2.05) is 0 Å². The first-order valence-corrected chi connectivity index (χ1v) is 7.02. The second kappa shape index (κ2) is 4.56. The van der Waals surface area contributed by atoms with Gasteiger partial charge >= 0.3 is 0 Å². The largest absolute Gasteiger partial charge is 0.385 e. The summed E-state index contributed by atoms with van der Waals surface area (Å²) in [5.41, 5.74) is -1.10. The highest BCUT2D eigenvalue weighted by Crippen LogP contribution is 2.41. The van der Waals surface area contributed by atoms with Gasteiger partial charge in [-0.2, -0.15) is 0 Å².